The number of hydrogen-bond donors (Lipinski definition) is 1. The van der Waals surface area contributed by atoms with Gasteiger partial charge in [-0.15, -0.1) is 0 Å². The van der Waals surface area contributed by atoms with Crippen molar-refractivity contribution < 1.29 is 13.2 Å². The van der Waals surface area contributed by atoms with Crippen LogP contribution in [-0.4, -0.2) is 5.54 Å². The van der Waals surface area contributed by atoms with Gasteiger partial charge >= 0.3 is 6.18 Å². The van der Waals surface area contributed by atoms with E-state index in [1.165, 1.54) is 12.8 Å². The lowest BCUT2D eigenvalue weighted by Gasteiger charge is -2.28. The molecule has 2 N–H and O–H groups in total. The van der Waals surface area contributed by atoms with Crippen LogP contribution in [0, 0.1) is 0 Å². The van der Waals surface area contributed by atoms with Gasteiger partial charge in [0.15, 0.2) is 0 Å². The SMILES string of the molecule is NC1(Cc2ccc(C(F)(F)F)cc2)CCCCCC1. The molecule has 0 saturated heterocycles. The van der Waals surface area contributed by atoms with Crippen molar-refractivity contribution in [2.75, 3.05) is 0 Å². The van der Waals surface area contributed by atoms with Crippen LogP contribution in [0.15, 0.2) is 24.3 Å². The summed E-state index contributed by atoms with van der Waals surface area (Å²) in [6.45, 7) is 0. The zero-order chi connectivity index (χ0) is 13.9. The van der Waals surface area contributed by atoms with Crippen LogP contribution in [0.5, 0.6) is 0 Å². The Morgan fingerprint density at radius 2 is 1.47 bits per heavy atom. The topological polar surface area (TPSA) is 26.0 Å². The molecule has 0 aliphatic heterocycles. The van der Waals surface area contributed by atoms with E-state index in [1.54, 1.807) is 12.1 Å². The summed E-state index contributed by atoms with van der Waals surface area (Å²) in [5.74, 6) is 0. The fourth-order valence-electron chi connectivity index (χ4n) is 2.83. The molecule has 0 aromatic heterocycles. The predicted molar refractivity (Wildman–Crippen MR) is 69.8 cm³/mol. The zero-order valence-corrected chi connectivity index (χ0v) is 11.0. The fourth-order valence-corrected chi connectivity index (χ4v) is 2.83. The summed E-state index contributed by atoms with van der Waals surface area (Å²) >= 11 is 0. The van der Waals surface area contributed by atoms with Crippen molar-refractivity contribution in [1.82, 2.24) is 0 Å². The predicted octanol–water partition coefficient (Wildman–Crippen LogP) is 4.30. The molecule has 0 bridgehead atoms. The number of halogens is 3. The third kappa shape index (κ3) is 3.96. The Balaban J connectivity index is 2.06. The summed E-state index contributed by atoms with van der Waals surface area (Å²) in [5, 5.41) is 0. The molecule has 0 radical (unpaired) electrons. The van der Waals surface area contributed by atoms with Crippen LogP contribution in [0.2, 0.25) is 0 Å². The number of alkyl halides is 3. The molecule has 4 heteroatoms. The summed E-state index contributed by atoms with van der Waals surface area (Å²) in [7, 11) is 0. The molecule has 1 aliphatic carbocycles. The maximum Gasteiger partial charge on any atom is 0.416 e. The highest BCUT2D eigenvalue weighted by atomic mass is 19.4. The van der Waals surface area contributed by atoms with Crippen LogP contribution in [0.3, 0.4) is 0 Å². The highest BCUT2D eigenvalue weighted by molar-refractivity contribution is 5.26. The maximum absolute atomic E-state index is 12.5. The first-order chi connectivity index (χ1) is 8.89. The minimum Gasteiger partial charge on any atom is -0.325 e. The van der Waals surface area contributed by atoms with Gasteiger partial charge in [0.25, 0.3) is 0 Å². The second-order valence-electron chi connectivity index (χ2n) is 5.65. The summed E-state index contributed by atoms with van der Waals surface area (Å²) in [4.78, 5) is 0. The van der Waals surface area contributed by atoms with E-state index < -0.39 is 11.7 Å². The van der Waals surface area contributed by atoms with Gasteiger partial charge in [0, 0.05) is 5.54 Å². The normalized spacial score (nSPS) is 20.0. The molecule has 106 valence electrons. The molecule has 0 heterocycles. The molecule has 1 aromatic rings. The number of rotatable bonds is 2. The molecule has 1 nitrogen and oxygen atoms in total. The van der Waals surface area contributed by atoms with E-state index in [-0.39, 0.29) is 5.54 Å². The molecular weight excluding hydrogens is 251 g/mol. The first-order valence-electron chi connectivity index (χ1n) is 6.84. The van der Waals surface area contributed by atoms with Gasteiger partial charge in [0.2, 0.25) is 0 Å². The highest BCUT2D eigenvalue weighted by Gasteiger charge is 2.31. The van der Waals surface area contributed by atoms with Crippen LogP contribution >= 0.6 is 0 Å². The molecule has 2 rings (SSSR count). The summed E-state index contributed by atoms with van der Waals surface area (Å²) in [6.07, 6.45) is 3.01. The van der Waals surface area contributed by atoms with Gasteiger partial charge in [-0.05, 0) is 37.0 Å². The zero-order valence-electron chi connectivity index (χ0n) is 11.0. The fraction of sp³-hybridized carbons (Fsp3) is 0.600. The molecule has 1 saturated carbocycles. The Bertz CT molecular complexity index is 400. The van der Waals surface area contributed by atoms with Crippen LogP contribution in [0.25, 0.3) is 0 Å². The Labute approximate surface area is 112 Å². The Morgan fingerprint density at radius 3 is 1.95 bits per heavy atom. The molecule has 1 aromatic carbocycles. The minimum atomic E-state index is -4.26. The third-order valence-electron chi connectivity index (χ3n) is 3.94. The molecular formula is C15H20F3N. The molecule has 19 heavy (non-hydrogen) atoms. The Morgan fingerprint density at radius 1 is 0.947 bits per heavy atom. The van der Waals surface area contributed by atoms with E-state index in [4.69, 9.17) is 5.73 Å². The van der Waals surface area contributed by atoms with Crippen LogP contribution in [-0.2, 0) is 12.6 Å². The monoisotopic (exact) mass is 271 g/mol. The van der Waals surface area contributed by atoms with Gasteiger partial charge in [-0.1, -0.05) is 37.8 Å². The van der Waals surface area contributed by atoms with Gasteiger partial charge in [-0.25, -0.2) is 0 Å². The van der Waals surface area contributed by atoms with Gasteiger partial charge in [0.1, 0.15) is 0 Å². The molecule has 1 fully saturated rings. The maximum atomic E-state index is 12.5. The average molecular weight is 271 g/mol. The lowest BCUT2D eigenvalue weighted by molar-refractivity contribution is -0.137. The third-order valence-corrected chi connectivity index (χ3v) is 3.94. The van der Waals surface area contributed by atoms with E-state index in [1.807, 2.05) is 0 Å². The summed E-state index contributed by atoms with van der Waals surface area (Å²) < 4.78 is 37.4. The second kappa shape index (κ2) is 5.53. The molecule has 0 amide bonds. The van der Waals surface area contributed by atoms with E-state index in [0.717, 1.165) is 43.4 Å². The smallest absolute Gasteiger partial charge is 0.325 e. The van der Waals surface area contributed by atoms with E-state index in [0.29, 0.717) is 6.42 Å². The molecule has 0 unspecified atom stereocenters. The van der Waals surface area contributed by atoms with Crippen LogP contribution < -0.4 is 5.73 Å². The van der Waals surface area contributed by atoms with Crippen LogP contribution in [0.1, 0.15) is 49.7 Å². The second-order valence-corrected chi connectivity index (χ2v) is 5.65. The standard InChI is InChI=1S/C15H20F3N/c16-15(17,18)13-7-5-12(6-8-13)11-14(19)9-3-1-2-4-10-14/h5-8H,1-4,9-11,19H2. The van der Waals surface area contributed by atoms with E-state index in [2.05, 4.69) is 0 Å². The number of benzene rings is 1. The molecule has 1 aliphatic rings. The highest BCUT2D eigenvalue weighted by Crippen LogP contribution is 2.31. The van der Waals surface area contributed by atoms with Crippen LogP contribution in [0.4, 0.5) is 13.2 Å². The van der Waals surface area contributed by atoms with Gasteiger partial charge in [0.05, 0.1) is 5.56 Å². The first kappa shape index (κ1) is 14.4. The largest absolute Gasteiger partial charge is 0.416 e. The number of hydrogen-bond acceptors (Lipinski definition) is 1. The van der Waals surface area contributed by atoms with Crippen molar-refractivity contribution >= 4 is 0 Å². The van der Waals surface area contributed by atoms with Crippen molar-refractivity contribution in [3.8, 4) is 0 Å². The Kier molecular flexibility index (Phi) is 4.19. The van der Waals surface area contributed by atoms with Crippen molar-refractivity contribution in [1.29, 1.82) is 0 Å². The lowest BCUT2D eigenvalue weighted by Crippen LogP contribution is -2.41. The minimum absolute atomic E-state index is 0.240. The van der Waals surface area contributed by atoms with Gasteiger partial charge in [-0.2, -0.15) is 13.2 Å². The van der Waals surface area contributed by atoms with E-state index in [9.17, 15) is 13.2 Å². The van der Waals surface area contributed by atoms with Gasteiger partial charge in [-0.3, -0.25) is 0 Å². The van der Waals surface area contributed by atoms with Crippen molar-refractivity contribution in [3.63, 3.8) is 0 Å². The lowest BCUT2D eigenvalue weighted by atomic mass is 9.85. The van der Waals surface area contributed by atoms with Crippen molar-refractivity contribution in [3.05, 3.63) is 35.4 Å². The number of nitrogens with two attached hydrogens (primary N) is 1. The van der Waals surface area contributed by atoms with Gasteiger partial charge < -0.3 is 5.73 Å². The average Bonchev–Trinajstić information content (AvgIpc) is 2.53. The summed E-state index contributed by atoms with van der Waals surface area (Å²) in [5.41, 5.74) is 6.46. The van der Waals surface area contributed by atoms with E-state index >= 15 is 0 Å². The van der Waals surface area contributed by atoms with Crippen molar-refractivity contribution in [2.45, 2.75) is 56.7 Å². The quantitative estimate of drug-likeness (QED) is 0.797. The molecule has 0 atom stereocenters. The first-order valence-corrected chi connectivity index (χ1v) is 6.84. The Hall–Kier alpha value is -1.03. The summed E-state index contributed by atoms with van der Waals surface area (Å²) in [6, 6.07) is 5.41. The molecule has 0 spiro atoms. The van der Waals surface area contributed by atoms with Crippen molar-refractivity contribution in [2.24, 2.45) is 5.73 Å².